The molecule has 0 fully saturated rings. The van der Waals surface area contributed by atoms with Crippen LogP contribution >= 0.6 is 11.8 Å². The summed E-state index contributed by atoms with van der Waals surface area (Å²) in [7, 11) is 0. The molecule has 1 heterocycles. The molecule has 3 rings (SSSR count). The number of carbonyl (C=O) groups excluding carboxylic acids is 2. The molecule has 3 aromatic rings. The van der Waals surface area contributed by atoms with Gasteiger partial charge in [-0.05, 0) is 45.0 Å². The quantitative estimate of drug-likeness (QED) is 0.498. The molecule has 0 aliphatic carbocycles. The highest BCUT2D eigenvalue weighted by Crippen LogP contribution is 2.21. The molecule has 0 radical (unpaired) electrons. The maximum Gasteiger partial charge on any atom is 0.321 e. The molecule has 2 aromatic carbocycles. The van der Waals surface area contributed by atoms with Crippen LogP contribution in [-0.2, 0) is 4.79 Å². The number of aromatic nitrogens is 2. The fourth-order valence-corrected chi connectivity index (χ4v) is 3.53. The first-order valence-corrected chi connectivity index (χ1v) is 10.2. The van der Waals surface area contributed by atoms with Crippen LogP contribution < -0.4 is 16.2 Å². The van der Waals surface area contributed by atoms with E-state index in [0.29, 0.717) is 21.7 Å². The number of para-hydroxylation sites is 1. The molecule has 0 saturated carbocycles. The van der Waals surface area contributed by atoms with Crippen molar-refractivity contribution in [3.63, 3.8) is 0 Å². The monoisotopic (exact) mass is 410 g/mol. The van der Waals surface area contributed by atoms with Gasteiger partial charge in [0.2, 0.25) is 5.91 Å². The second-order valence-electron chi connectivity index (χ2n) is 6.85. The molecule has 7 nitrogen and oxygen atoms in total. The van der Waals surface area contributed by atoms with E-state index < -0.39 is 11.9 Å². The normalized spacial score (nSPS) is 10.9. The number of hydrogen-bond donors (Lipinski definition) is 2. The van der Waals surface area contributed by atoms with Gasteiger partial charge in [-0.1, -0.05) is 41.6 Å². The molecule has 2 N–H and O–H groups in total. The number of nitrogens with one attached hydrogen (secondary N) is 2. The Morgan fingerprint density at radius 3 is 2.48 bits per heavy atom. The molecule has 29 heavy (non-hydrogen) atoms. The highest BCUT2D eigenvalue weighted by atomic mass is 32.2. The zero-order chi connectivity index (χ0) is 21.0. The molecular weight excluding hydrogens is 388 g/mol. The van der Waals surface area contributed by atoms with Crippen molar-refractivity contribution in [1.29, 1.82) is 0 Å². The number of nitrogens with zero attached hydrogens (tertiary/aromatic N) is 2. The lowest BCUT2D eigenvalue weighted by molar-refractivity contribution is -0.117. The number of fused-ring (bicyclic) bond motifs is 1. The van der Waals surface area contributed by atoms with Crippen LogP contribution in [-0.4, -0.2) is 33.3 Å². The fourth-order valence-electron chi connectivity index (χ4n) is 2.72. The lowest BCUT2D eigenvalue weighted by Crippen LogP contribution is -2.43. The van der Waals surface area contributed by atoms with Crippen molar-refractivity contribution < 1.29 is 9.59 Å². The van der Waals surface area contributed by atoms with Gasteiger partial charge in [0.25, 0.3) is 5.56 Å². The summed E-state index contributed by atoms with van der Waals surface area (Å²) in [5, 5.41) is 5.76. The Labute approximate surface area is 172 Å². The zero-order valence-corrected chi connectivity index (χ0v) is 17.2. The lowest BCUT2D eigenvalue weighted by Gasteiger charge is -2.13. The summed E-state index contributed by atoms with van der Waals surface area (Å²) in [5.74, 6) is -0.520. The highest BCUT2D eigenvalue weighted by Gasteiger charge is 2.16. The van der Waals surface area contributed by atoms with Crippen LogP contribution in [0.15, 0.2) is 58.5 Å². The molecule has 1 aromatic heterocycles. The second kappa shape index (κ2) is 8.91. The summed E-state index contributed by atoms with van der Waals surface area (Å²) >= 11 is 1.10. The van der Waals surface area contributed by atoms with E-state index in [0.717, 1.165) is 17.3 Å². The number of aryl methyl sites for hydroxylation is 1. The lowest BCUT2D eigenvalue weighted by atomic mass is 10.2. The SMILES string of the molecule is Cc1ccc(-n2c(SCC(=O)NC(=O)NC(C)C)nc3ccccc3c2=O)cc1. The number of benzene rings is 2. The molecule has 0 unspecified atom stereocenters. The minimum Gasteiger partial charge on any atom is -0.336 e. The molecule has 8 heteroatoms. The molecule has 0 aliphatic rings. The van der Waals surface area contributed by atoms with Crippen molar-refractivity contribution in [2.75, 3.05) is 5.75 Å². The van der Waals surface area contributed by atoms with Crippen molar-refractivity contribution >= 4 is 34.6 Å². The molecular formula is C21H22N4O3S. The molecule has 0 saturated heterocycles. The average molecular weight is 410 g/mol. The minimum atomic E-state index is -0.548. The van der Waals surface area contributed by atoms with Crippen LogP contribution in [0, 0.1) is 6.92 Å². The maximum atomic E-state index is 13.1. The van der Waals surface area contributed by atoms with Gasteiger partial charge in [-0.15, -0.1) is 0 Å². The van der Waals surface area contributed by atoms with Crippen molar-refractivity contribution in [3.05, 3.63) is 64.4 Å². The van der Waals surface area contributed by atoms with Crippen LogP contribution in [0.5, 0.6) is 0 Å². The van der Waals surface area contributed by atoms with E-state index in [-0.39, 0.29) is 17.4 Å². The highest BCUT2D eigenvalue weighted by molar-refractivity contribution is 7.99. The first-order chi connectivity index (χ1) is 13.8. The van der Waals surface area contributed by atoms with Gasteiger partial charge in [0.1, 0.15) is 0 Å². The molecule has 0 atom stereocenters. The van der Waals surface area contributed by atoms with Crippen LogP contribution in [0.25, 0.3) is 16.6 Å². The number of rotatable bonds is 5. The topological polar surface area (TPSA) is 93.1 Å². The van der Waals surface area contributed by atoms with Gasteiger partial charge in [-0.3, -0.25) is 19.5 Å². The number of amides is 3. The minimum absolute atomic E-state index is 0.0534. The van der Waals surface area contributed by atoms with E-state index in [4.69, 9.17) is 0 Å². The Balaban J connectivity index is 1.93. The molecule has 150 valence electrons. The van der Waals surface area contributed by atoms with Gasteiger partial charge in [0.05, 0.1) is 22.3 Å². The second-order valence-corrected chi connectivity index (χ2v) is 7.80. The van der Waals surface area contributed by atoms with Crippen molar-refractivity contribution in [2.24, 2.45) is 0 Å². The first-order valence-electron chi connectivity index (χ1n) is 9.17. The van der Waals surface area contributed by atoms with Crippen LogP contribution in [0.1, 0.15) is 19.4 Å². The van der Waals surface area contributed by atoms with E-state index in [1.807, 2.05) is 37.3 Å². The third-order valence-corrected chi connectivity index (χ3v) is 4.98. The standard InChI is InChI=1S/C21H22N4O3S/c1-13(2)22-20(28)24-18(26)12-29-21-23-17-7-5-4-6-16(17)19(27)25(21)15-10-8-14(3)9-11-15/h4-11,13H,12H2,1-3H3,(H2,22,24,26,28). The van der Waals surface area contributed by atoms with Gasteiger partial charge in [0, 0.05) is 6.04 Å². The number of imide groups is 1. The van der Waals surface area contributed by atoms with E-state index in [9.17, 15) is 14.4 Å². The van der Waals surface area contributed by atoms with Crippen molar-refractivity contribution in [2.45, 2.75) is 32.0 Å². The Hall–Kier alpha value is -3.13. The molecule has 3 amide bonds. The summed E-state index contributed by atoms with van der Waals surface area (Å²) < 4.78 is 1.49. The van der Waals surface area contributed by atoms with Gasteiger partial charge in [-0.25, -0.2) is 9.78 Å². The van der Waals surface area contributed by atoms with Gasteiger partial charge in [-0.2, -0.15) is 0 Å². The predicted octanol–water partition coefficient (Wildman–Crippen LogP) is 3.02. The summed E-state index contributed by atoms with van der Waals surface area (Å²) in [6.07, 6.45) is 0. The van der Waals surface area contributed by atoms with Crippen LogP contribution in [0.3, 0.4) is 0 Å². The Kier molecular flexibility index (Phi) is 6.33. The summed E-state index contributed by atoms with van der Waals surface area (Å²) in [6.45, 7) is 5.57. The zero-order valence-electron chi connectivity index (χ0n) is 16.4. The Morgan fingerprint density at radius 2 is 1.79 bits per heavy atom. The van der Waals surface area contributed by atoms with Gasteiger partial charge < -0.3 is 5.32 Å². The van der Waals surface area contributed by atoms with E-state index in [1.54, 1.807) is 32.0 Å². The van der Waals surface area contributed by atoms with Crippen molar-refractivity contribution in [3.8, 4) is 5.69 Å². The molecule has 0 spiro atoms. The predicted molar refractivity (Wildman–Crippen MR) is 115 cm³/mol. The summed E-state index contributed by atoms with van der Waals surface area (Å²) in [5.41, 5.74) is 2.08. The largest absolute Gasteiger partial charge is 0.336 e. The van der Waals surface area contributed by atoms with Gasteiger partial charge in [0.15, 0.2) is 5.16 Å². The number of thioether (sulfide) groups is 1. The maximum absolute atomic E-state index is 13.1. The average Bonchev–Trinajstić information content (AvgIpc) is 2.67. The van der Waals surface area contributed by atoms with E-state index in [2.05, 4.69) is 15.6 Å². The first kappa shape index (κ1) is 20.6. The smallest absolute Gasteiger partial charge is 0.321 e. The number of carbonyl (C=O) groups is 2. The third kappa shape index (κ3) is 5.03. The van der Waals surface area contributed by atoms with Crippen molar-refractivity contribution in [1.82, 2.24) is 20.2 Å². The van der Waals surface area contributed by atoms with Crippen LogP contribution in [0.2, 0.25) is 0 Å². The number of urea groups is 1. The van der Waals surface area contributed by atoms with E-state index in [1.165, 1.54) is 4.57 Å². The Bertz CT molecular complexity index is 1110. The van der Waals surface area contributed by atoms with Gasteiger partial charge >= 0.3 is 6.03 Å². The Morgan fingerprint density at radius 1 is 1.10 bits per heavy atom. The number of hydrogen-bond acceptors (Lipinski definition) is 5. The van der Waals surface area contributed by atoms with Crippen LogP contribution in [0.4, 0.5) is 4.79 Å². The third-order valence-electron chi connectivity index (χ3n) is 4.04. The fraction of sp³-hybridized carbons (Fsp3) is 0.238. The molecule has 0 bridgehead atoms. The summed E-state index contributed by atoms with van der Waals surface area (Å²) in [4.78, 5) is 41.5. The van der Waals surface area contributed by atoms with E-state index >= 15 is 0 Å². The summed E-state index contributed by atoms with van der Waals surface area (Å²) in [6, 6.07) is 14.0. The molecule has 0 aliphatic heterocycles.